The second-order valence-electron chi connectivity index (χ2n) is 4.82. The predicted molar refractivity (Wildman–Crippen MR) is 91.1 cm³/mol. The standard InChI is InChI=1S/C17H13ClN4O/c18-16-14(17(19)21-10-20-16)15(23)11-6-8-13(9-7-11)22-12-4-2-1-3-5-12/h1-10,22H,(H2,19,20,21). The van der Waals surface area contributed by atoms with Crippen LogP contribution in [0, 0.1) is 0 Å². The number of nitrogens with zero attached hydrogens (tertiary/aromatic N) is 2. The molecule has 3 N–H and O–H groups in total. The minimum absolute atomic E-state index is 0.0500. The van der Waals surface area contributed by atoms with Crippen LogP contribution in [0.15, 0.2) is 60.9 Å². The van der Waals surface area contributed by atoms with E-state index in [4.69, 9.17) is 17.3 Å². The smallest absolute Gasteiger partial charge is 0.199 e. The van der Waals surface area contributed by atoms with Gasteiger partial charge in [-0.1, -0.05) is 29.8 Å². The van der Waals surface area contributed by atoms with Crippen molar-refractivity contribution < 1.29 is 4.79 Å². The molecule has 1 aromatic heterocycles. The highest BCUT2D eigenvalue weighted by molar-refractivity contribution is 6.34. The van der Waals surface area contributed by atoms with Crippen molar-refractivity contribution in [3.05, 3.63) is 77.2 Å². The molecule has 5 nitrogen and oxygen atoms in total. The first kappa shape index (κ1) is 15.0. The maximum absolute atomic E-state index is 12.5. The van der Waals surface area contributed by atoms with Gasteiger partial charge in [-0.3, -0.25) is 4.79 Å². The van der Waals surface area contributed by atoms with Gasteiger partial charge < -0.3 is 11.1 Å². The lowest BCUT2D eigenvalue weighted by Gasteiger charge is -2.08. The van der Waals surface area contributed by atoms with Gasteiger partial charge in [0.1, 0.15) is 22.9 Å². The Morgan fingerprint density at radius 2 is 1.61 bits per heavy atom. The second-order valence-corrected chi connectivity index (χ2v) is 5.18. The number of hydrogen-bond donors (Lipinski definition) is 2. The van der Waals surface area contributed by atoms with E-state index in [1.165, 1.54) is 6.33 Å². The third-order valence-corrected chi connectivity index (χ3v) is 3.55. The zero-order chi connectivity index (χ0) is 16.2. The summed E-state index contributed by atoms with van der Waals surface area (Å²) in [5.74, 6) is -0.235. The summed E-state index contributed by atoms with van der Waals surface area (Å²) in [7, 11) is 0. The number of halogens is 1. The SMILES string of the molecule is Nc1ncnc(Cl)c1C(=O)c1ccc(Nc2ccccc2)cc1. The maximum atomic E-state index is 12.5. The molecule has 3 aromatic rings. The number of nitrogens with one attached hydrogen (secondary N) is 1. The van der Waals surface area contributed by atoms with Crippen LogP contribution in [-0.2, 0) is 0 Å². The molecule has 0 amide bonds. The van der Waals surface area contributed by atoms with E-state index in [1.807, 2.05) is 42.5 Å². The summed E-state index contributed by atoms with van der Waals surface area (Å²) in [4.78, 5) is 20.1. The average molecular weight is 325 g/mol. The van der Waals surface area contributed by atoms with Crippen LogP contribution in [-0.4, -0.2) is 15.8 Å². The van der Waals surface area contributed by atoms with Crippen molar-refractivity contribution >= 4 is 34.6 Å². The monoisotopic (exact) mass is 324 g/mol. The number of rotatable bonds is 4. The lowest BCUT2D eigenvalue weighted by atomic mass is 10.0. The molecule has 0 aliphatic carbocycles. The molecule has 1 heterocycles. The number of aromatic nitrogens is 2. The molecule has 114 valence electrons. The number of ketones is 1. The number of carbonyl (C=O) groups is 1. The molecule has 0 atom stereocenters. The molecule has 0 saturated carbocycles. The molecule has 3 rings (SSSR count). The minimum Gasteiger partial charge on any atom is -0.383 e. The van der Waals surface area contributed by atoms with Gasteiger partial charge in [0.2, 0.25) is 0 Å². The molecule has 2 aromatic carbocycles. The molecule has 0 saturated heterocycles. The summed E-state index contributed by atoms with van der Waals surface area (Å²) < 4.78 is 0. The molecular formula is C17H13ClN4O. The van der Waals surface area contributed by atoms with Gasteiger partial charge in [0, 0.05) is 16.9 Å². The molecule has 0 fully saturated rings. The van der Waals surface area contributed by atoms with Crippen LogP contribution >= 0.6 is 11.6 Å². The zero-order valence-electron chi connectivity index (χ0n) is 12.0. The van der Waals surface area contributed by atoms with E-state index in [9.17, 15) is 4.79 Å². The van der Waals surface area contributed by atoms with Gasteiger partial charge in [-0.2, -0.15) is 0 Å². The Balaban J connectivity index is 1.83. The van der Waals surface area contributed by atoms with Gasteiger partial charge in [0.25, 0.3) is 0 Å². The van der Waals surface area contributed by atoms with E-state index in [-0.39, 0.29) is 22.3 Å². The quantitative estimate of drug-likeness (QED) is 0.565. The Kier molecular flexibility index (Phi) is 4.21. The van der Waals surface area contributed by atoms with Crippen LogP contribution < -0.4 is 11.1 Å². The normalized spacial score (nSPS) is 10.3. The third-order valence-electron chi connectivity index (χ3n) is 3.27. The number of para-hydroxylation sites is 1. The Labute approximate surface area is 138 Å². The van der Waals surface area contributed by atoms with E-state index in [0.717, 1.165) is 11.4 Å². The lowest BCUT2D eigenvalue weighted by Crippen LogP contribution is -2.09. The van der Waals surface area contributed by atoms with Crippen molar-refractivity contribution in [1.82, 2.24) is 9.97 Å². The van der Waals surface area contributed by atoms with Crippen LogP contribution in [0.2, 0.25) is 5.15 Å². The summed E-state index contributed by atoms with van der Waals surface area (Å²) in [5.41, 5.74) is 8.15. The number of hydrogen-bond acceptors (Lipinski definition) is 5. The summed E-state index contributed by atoms with van der Waals surface area (Å²) >= 11 is 5.95. The highest BCUT2D eigenvalue weighted by Gasteiger charge is 2.18. The first-order valence-corrected chi connectivity index (χ1v) is 7.26. The topological polar surface area (TPSA) is 80.9 Å². The van der Waals surface area contributed by atoms with Crippen LogP contribution in [0.25, 0.3) is 0 Å². The summed E-state index contributed by atoms with van der Waals surface area (Å²) in [6.07, 6.45) is 1.22. The second kappa shape index (κ2) is 6.46. The molecule has 23 heavy (non-hydrogen) atoms. The molecule has 0 spiro atoms. The van der Waals surface area contributed by atoms with E-state index in [1.54, 1.807) is 12.1 Å². The van der Waals surface area contributed by atoms with Gasteiger partial charge in [0.15, 0.2) is 5.78 Å². The first-order chi connectivity index (χ1) is 11.1. The number of nitrogens with two attached hydrogens (primary N) is 1. The van der Waals surface area contributed by atoms with Crippen LogP contribution in [0.1, 0.15) is 15.9 Å². The fourth-order valence-electron chi connectivity index (χ4n) is 2.12. The van der Waals surface area contributed by atoms with Crippen LogP contribution in [0.5, 0.6) is 0 Å². The highest BCUT2D eigenvalue weighted by atomic mass is 35.5. The summed E-state index contributed by atoms with van der Waals surface area (Å²) in [6.45, 7) is 0. The first-order valence-electron chi connectivity index (χ1n) is 6.88. The number of benzene rings is 2. The van der Waals surface area contributed by atoms with Crippen molar-refractivity contribution in [2.45, 2.75) is 0 Å². The molecule has 0 unspecified atom stereocenters. The molecule has 0 aliphatic heterocycles. The fraction of sp³-hybridized carbons (Fsp3) is 0. The van der Waals surface area contributed by atoms with Crippen molar-refractivity contribution in [3.63, 3.8) is 0 Å². The zero-order valence-corrected chi connectivity index (χ0v) is 12.8. The number of carbonyl (C=O) groups excluding carboxylic acids is 1. The molecule has 0 aliphatic rings. The van der Waals surface area contributed by atoms with Gasteiger partial charge >= 0.3 is 0 Å². The van der Waals surface area contributed by atoms with E-state index in [2.05, 4.69) is 15.3 Å². The van der Waals surface area contributed by atoms with Crippen molar-refractivity contribution in [1.29, 1.82) is 0 Å². The van der Waals surface area contributed by atoms with E-state index in [0.29, 0.717) is 5.56 Å². The molecule has 0 radical (unpaired) electrons. The van der Waals surface area contributed by atoms with Gasteiger partial charge in [-0.15, -0.1) is 0 Å². The number of anilines is 3. The van der Waals surface area contributed by atoms with Gasteiger partial charge in [0.05, 0.1) is 0 Å². The molecular weight excluding hydrogens is 312 g/mol. The van der Waals surface area contributed by atoms with Crippen molar-refractivity contribution in [2.24, 2.45) is 0 Å². The summed E-state index contributed by atoms with van der Waals surface area (Å²) in [5, 5.41) is 3.30. The van der Waals surface area contributed by atoms with E-state index >= 15 is 0 Å². The van der Waals surface area contributed by atoms with Gasteiger partial charge in [-0.05, 0) is 36.4 Å². The van der Waals surface area contributed by atoms with E-state index < -0.39 is 0 Å². The number of nitrogen functional groups attached to an aromatic ring is 1. The largest absolute Gasteiger partial charge is 0.383 e. The highest BCUT2D eigenvalue weighted by Crippen LogP contribution is 2.23. The Morgan fingerprint density at radius 1 is 0.957 bits per heavy atom. The Morgan fingerprint density at radius 3 is 2.26 bits per heavy atom. The average Bonchev–Trinajstić information content (AvgIpc) is 2.56. The van der Waals surface area contributed by atoms with Crippen molar-refractivity contribution in [2.75, 3.05) is 11.1 Å². The van der Waals surface area contributed by atoms with Crippen LogP contribution in [0.3, 0.4) is 0 Å². The minimum atomic E-state index is -0.306. The predicted octanol–water partition coefficient (Wildman–Crippen LogP) is 3.69. The van der Waals surface area contributed by atoms with Crippen molar-refractivity contribution in [3.8, 4) is 0 Å². The molecule has 6 heteroatoms. The van der Waals surface area contributed by atoms with Crippen LogP contribution in [0.4, 0.5) is 17.2 Å². The Hall–Kier alpha value is -2.92. The fourth-order valence-corrected chi connectivity index (χ4v) is 2.35. The lowest BCUT2D eigenvalue weighted by molar-refractivity contribution is 0.103. The Bertz CT molecular complexity index is 815. The maximum Gasteiger partial charge on any atom is 0.199 e. The summed E-state index contributed by atoms with van der Waals surface area (Å²) in [6, 6.07) is 16.8. The molecule has 0 bridgehead atoms. The third kappa shape index (κ3) is 3.30. The van der Waals surface area contributed by atoms with Gasteiger partial charge in [-0.25, -0.2) is 9.97 Å².